The van der Waals surface area contributed by atoms with Gasteiger partial charge in [0.2, 0.25) is 0 Å². The van der Waals surface area contributed by atoms with Gasteiger partial charge in [0.1, 0.15) is 0 Å². The lowest BCUT2D eigenvalue weighted by Crippen LogP contribution is -2.21. The van der Waals surface area contributed by atoms with E-state index < -0.39 is 5.97 Å². The second-order valence-corrected chi connectivity index (χ2v) is 4.83. The predicted octanol–water partition coefficient (Wildman–Crippen LogP) is 2.31. The Balaban J connectivity index is 0.000000221. The zero-order valence-corrected chi connectivity index (χ0v) is 9.93. The van der Waals surface area contributed by atoms with Gasteiger partial charge in [0.15, 0.2) is 0 Å². The van der Waals surface area contributed by atoms with Gasteiger partial charge in [-0.2, -0.15) is 0 Å². The van der Waals surface area contributed by atoms with Crippen LogP contribution in [-0.2, 0) is 4.79 Å². The molecular formula is C13H22O3. The smallest absolute Gasteiger partial charge is 0.303 e. The molecule has 0 aliphatic heterocycles. The van der Waals surface area contributed by atoms with Gasteiger partial charge in [0.05, 0.1) is 0 Å². The summed E-state index contributed by atoms with van der Waals surface area (Å²) in [6, 6.07) is 0. The molecule has 4 atom stereocenters. The van der Waals surface area contributed by atoms with Crippen LogP contribution < -0.4 is 0 Å². The second-order valence-electron chi connectivity index (χ2n) is 4.83. The average molecular weight is 226 g/mol. The fourth-order valence-electron chi connectivity index (χ4n) is 3.03. The van der Waals surface area contributed by atoms with Gasteiger partial charge in [-0.15, -0.1) is 6.58 Å². The molecule has 2 fully saturated rings. The highest BCUT2D eigenvalue weighted by Gasteiger charge is 2.44. The van der Waals surface area contributed by atoms with Crippen molar-refractivity contribution in [3.05, 3.63) is 12.7 Å². The molecule has 16 heavy (non-hydrogen) atoms. The maximum Gasteiger partial charge on any atom is 0.303 e. The zero-order chi connectivity index (χ0) is 12.1. The van der Waals surface area contributed by atoms with Crippen LogP contribution in [0.15, 0.2) is 12.7 Å². The number of hydrogen-bond donors (Lipinski definition) is 2. The molecule has 3 heteroatoms. The van der Waals surface area contributed by atoms with Crippen molar-refractivity contribution in [3.8, 4) is 0 Å². The number of carboxylic acid groups (broad SMARTS) is 1. The summed E-state index contributed by atoms with van der Waals surface area (Å²) in [5, 5.41) is 16.8. The first-order valence-corrected chi connectivity index (χ1v) is 6.07. The van der Waals surface area contributed by atoms with Gasteiger partial charge in [-0.1, -0.05) is 13.0 Å². The Labute approximate surface area is 97.2 Å². The minimum absolute atomic E-state index is 0.222. The molecule has 3 nitrogen and oxygen atoms in total. The Bertz CT molecular complexity index is 250. The van der Waals surface area contributed by atoms with Gasteiger partial charge in [-0.25, -0.2) is 0 Å². The van der Waals surface area contributed by atoms with Crippen molar-refractivity contribution >= 4 is 5.97 Å². The van der Waals surface area contributed by atoms with Crippen molar-refractivity contribution in [2.45, 2.75) is 32.6 Å². The van der Waals surface area contributed by atoms with Crippen molar-refractivity contribution in [1.82, 2.24) is 0 Å². The molecule has 2 bridgehead atoms. The molecular weight excluding hydrogens is 204 g/mol. The Morgan fingerprint density at radius 2 is 2.06 bits per heavy atom. The largest absolute Gasteiger partial charge is 0.481 e. The molecule has 2 aliphatic rings. The summed E-state index contributed by atoms with van der Waals surface area (Å²) < 4.78 is 0. The lowest BCUT2D eigenvalue weighted by molar-refractivity contribution is -0.136. The molecule has 0 radical (unpaired) electrons. The third-order valence-electron chi connectivity index (χ3n) is 3.84. The van der Waals surface area contributed by atoms with Crippen molar-refractivity contribution in [3.63, 3.8) is 0 Å². The number of aliphatic carboxylic acids is 1. The normalized spacial score (nSPS) is 35.4. The molecule has 0 amide bonds. The number of rotatable bonds is 3. The zero-order valence-electron chi connectivity index (χ0n) is 9.93. The van der Waals surface area contributed by atoms with Crippen LogP contribution in [0, 0.1) is 23.7 Å². The topological polar surface area (TPSA) is 57.5 Å². The number of aliphatic hydroxyl groups is 1. The second kappa shape index (κ2) is 6.04. The lowest BCUT2D eigenvalue weighted by Gasteiger charge is -2.25. The molecule has 0 heterocycles. The molecule has 0 aromatic rings. The van der Waals surface area contributed by atoms with Crippen LogP contribution in [0.2, 0.25) is 0 Å². The maximum absolute atomic E-state index is 9.37. The highest BCUT2D eigenvalue weighted by molar-refractivity contribution is 5.66. The van der Waals surface area contributed by atoms with Gasteiger partial charge in [-0.3, -0.25) is 4.79 Å². The first-order chi connectivity index (χ1) is 7.62. The molecule has 4 unspecified atom stereocenters. The van der Waals surface area contributed by atoms with E-state index in [4.69, 9.17) is 10.2 Å². The summed E-state index contributed by atoms with van der Waals surface area (Å²) in [5.41, 5.74) is 0. The van der Waals surface area contributed by atoms with Gasteiger partial charge in [0, 0.05) is 13.0 Å². The average Bonchev–Trinajstić information content (AvgIpc) is 2.88. The van der Waals surface area contributed by atoms with E-state index in [2.05, 4.69) is 12.7 Å². The van der Waals surface area contributed by atoms with E-state index in [0.29, 0.717) is 18.4 Å². The Morgan fingerprint density at radius 1 is 1.44 bits per heavy atom. The summed E-state index contributed by atoms with van der Waals surface area (Å²) in [4.78, 5) is 9.37. The van der Waals surface area contributed by atoms with Crippen LogP contribution >= 0.6 is 0 Å². The van der Waals surface area contributed by atoms with Gasteiger partial charge < -0.3 is 10.2 Å². The monoisotopic (exact) mass is 226 g/mol. The third-order valence-corrected chi connectivity index (χ3v) is 3.84. The fraction of sp³-hybridized carbons (Fsp3) is 0.769. The number of allylic oxidation sites excluding steroid dienone is 1. The molecule has 92 valence electrons. The number of fused-ring (bicyclic) bond motifs is 2. The summed E-state index contributed by atoms with van der Waals surface area (Å²) in [6.45, 7) is 5.84. The van der Waals surface area contributed by atoms with E-state index in [9.17, 15) is 4.79 Å². The summed E-state index contributed by atoms with van der Waals surface area (Å²) in [7, 11) is 0. The number of aliphatic hydroxyl groups excluding tert-OH is 1. The van der Waals surface area contributed by atoms with E-state index in [1.165, 1.54) is 19.3 Å². The van der Waals surface area contributed by atoms with Gasteiger partial charge >= 0.3 is 5.97 Å². The maximum atomic E-state index is 9.37. The predicted molar refractivity (Wildman–Crippen MR) is 63.0 cm³/mol. The van der Waals surface area contributed by atoms with E-state index in [1.807, 2.05) is 0 Å². The first-order valence-electron chi connectivity index (χ1n) is 6.07. The standard InChI is InChI=1S/C10H16O.C3H6O2/c1-2-8-3-7-4-9(6-11)10(8)5-7;1-2-3(4)5/h2,7-11H,1,3-6H2;2H2,1H3,(H,4,5). The van der Waals surface area contributed by atoms with Crippen LogP contribution in [0.5, 0.6) is 0 Å². The van der Waals surface area contributed by atoms with E-state index in [1.54, 1.807) is 6.92 Å². The van der Waals surface area contributed by atoms with E-state index >= 15 is 0 Å². The first kappa shape index (κ1) is 13.2. The quantitative estimate of drug-likeness (QED) is 0.726. The van der Waals surface area contributed by atoms with Crippen LogP contribution in [0.4, 0.5) is 0 Å². The van der Waals surface area contributed by atoms with Crippen molar-refractivity contribution in [2.75, 3.05) is 6.61 Å². The van der Waals surface area contributed by atoms with Gasteiger partial charge in [-0.05, 0) is 42.9 Å². The van der Waals surface area contributed by atoms with Gasteiger partial charge in [0.25, 0.3) is 0 Å². The van der Waals surface area contributed by atoms with Crippen molar-refractivity contribution < 1.29 is 15.0 Å². The Hall–Kier alpha value is -0.830. The fourth-order valence-corrected chi connectivity index (χ4v) is 3.03. The van der Waals surface area contributed by atoms with Crippen LogP contribution in [0.25, 0.3) is 0 Å². The van der Waals surface area contributed by atoms with Crippen LogP contribution in [-0.4, -0.2) is 22.8 Å². The number of carboxylic acids is 1. The number of hydrogen-bond acceptors (Lipinski definition) is 2. The SMILES string of the molecule is C=CC1CC2CC(CO)C1C2.CCC(=O)O. The molecule has 0 aromatic carbocycles. The van der Waals surface area contributed by atoms with E-state index in [0.717, 1.165) is 11.8 Å². The number of carbonyl (C=O) groups is 1. The van der Waals surface area contributed by atoms with Crippen LogP contribution in [0.1, 0.15) is 32.6 Å². The summed E-state index contributed by atoms with van der Waals surface area (Å²) in [5.74, 6) is 2.23. The molecule has 0 aromatic heterocycles. The van der Waals surface area contributed by atoms with Crippen molar-refractivity contribution in [2.24, 2.45) is 23.7 Å². The molecule has 2 aliphatic carbocycles. The molecule has 2 N–H and O–H groups in total. The minimum atomic E-state index is -0.745. The Kier molecular flexibility index (Phi) is 5.00. The lowest BCUT2D eigenvalue weighted by atomic mass is 9.81. The summed E-state index contributed by atoms with van der Waals surface area (Å²) in [6.07, 6.45) is 6.27. The summed E-state index contributed by atoms with van der Waals surface area (Å²) >= 11 is 0. The highest BCUT2D eigenvalue weighted by Crippen LogP contribution is 2.51. The highest BCUT2D eigenvalue weighted by atomic mass is 16.4. The molecule has 2 saturated carbocycles. The van der Waals surface area contributed by atoms with E-state index in [-0.39, 0.29) is 6.42 Å². The van der Waals surface area contributed by atoms with Crippen LogP contribution in [0.3, 0.4) is 0 Å². The third kappa shape index (κ3) is 3.08. The molecule has 0 spiro atoms. The molecule has 0 saturated heterocycles. The Morgan fingerprint density at radius 3 is 2.44 bits per heavy atom. The molecule has 2 rings (SSSR count). The van der Waals surface area contributed by atoms with Crippen molar-refractivity contribution in [1.29, 1.82) is 0 Å². The minimum Gasteiger partial charge on any atom is -0.481 e.